The van der Waals surface area contributed by atoms with Crippen LogP contribution in [0.1, 0.15) is 31.9 Å². The van der Waals surface area contributed by atoms with Gasteiger partial charge in [-0.1, -0.05) is 61.5 Å². The van der Waals surface area contributed by atoms with E-state index in [4.69, 9.17) is 4.74 Å². The van der Waals surface area contributed by atoms with Gasteiger partial charge in [0.25, 0.3) is 0 Å². The van der Waals surface area contributed by atoms with Crippen molar-refractivity contribution in [3.8, 4) is 5.75 Å². The highest BCUT2D eigenvalue weighted by Gasteiger charge is 2.21. The van der Waals surface area contributed by atoms with Gasteiger partial charge in [0.15, 0.2) is 0 Å². The zero-order valence-corrected chi connectivity index (χ0v) is 15.8. The number of fused-ring (bicyclic) bond motifs is 1. The fourth-order valence-electron chi connectivity index (χ4n) is 2.92. The zero-order chi connectivity index (χ0) is 18.6. The molecule has 0 aliphatic heterocycles. The Labute approximate surface area is 154 Å². The molecule has 1 atom stereocenters. The van der Waals surface area contributed by atoms with Gasteiger partial charge in [0.2, 0.25) is 10.0 Å². The first-order valence-electron chi connectivity index (χ1n) is 8.74. The Kier molecular flexibility index (Phi) is 5.59. The van der Waals surface area contributed by atoms with Gasteiger partial charge in [0.05, 0.1) is 11.5 Å². The van der Waals surface area contributed by atoms with Gasteiger partial charge in [-0.3, -0.25) is 0 Å². The molecular weight excluding hydrogens is 346 g/mol. The summed E-state index contributed by atoms with van der Waals surface area (Å²) in [6.45, 7) is 4.48. The van der Waals surface area contributed by atoms with Gasteiger partial charge < -0.3 is 4.74 Å². The van der Waals surface area contributed by atoms with Gasteiger partial charge in [-0.25, -0.2) is 13.1 Å². The van der Waals surface area contributed by atoms with Gasteiger partial charge in [0.1, 0.15) is 5.75 Å². The lowest BCUT2D eigenvalue weighted by Crippen LogP contribution is -2.27. The summed E-state index contributed by atoms with van der Waals surface area (Å²) in [6, 6.07) is 20.0. The number of sulfonamides is 1. The highest BCUT2D eigenvalue weighted by atomic mass is 32.2. The van der Waals surface area contributed by atoms with E-state index in [1.54, 1.807) is 12.1 Å². The van der Waals surface area contributed by atoms with Crippen molar-refractivity contribution >= 4 is 20.8 Å². The average Bonchev–Trinajstić information content (AvgIpc) is 2.66. The molecule has 1 N–H and O–H groups in total. The largest absolute Gasteiger partial charge is 0.493 e. The highest BCUT2D eigenvalue weighted by molar-refractivity contribution is 7.89. The molecule has 0 saturated heterocycles. The molecule has 0 amide bonds. The predicted octanol–water partition coefficient (Wildman–Crippen LogP) is 4.67. The first kappa shape index (κ1) is 18.4. The van der Waals surface area contributed by atoms with Crippen LogP contribution in [0.5, 0.6) is 5.75 Å². The van der Waals surface area contributed by atoms with Gasteiger partial charge in [0, 0.05) is 16.8 Å². The SMILES string of the molecule is CCCOc1ccc(S(=O)(=O)N[C@H](C)c2ccccc2)c2ccccc12. The molecule has 3 aromatic carbocycles. The minimum absolute atomic E-state index is 0.264. The lowest BCUT2D eigenvalue weighted by molar-refractivity contribution is 0.321. The molecule has 0 heterocycles. The van der Waals surface area contributed by atoms with Crippen LogP contribution in [-0.4, -0.2) is 15.0 Å². The van der Waals surface area contributed by atoms with E-state index in [0.717, 1.165) is 17.4 Å². The molecule has 136 valence electrons. The third-order valence-corrected chi connectivity index (χ3v) is 5.83. The molecule has 0 fully saturated rings. The maximum atomic E-state index is 13.0. The highest BCUT2D eigenvalue weighted by Crippen LogP contribution is 2.31. The monoisotopic (exact) mass is 369 g/mol. The maximum Gasteiger partial charge on any atom is 0.241 e. The minimum atomic E-state index is -3.68. The summed E-state index contributed by atoms with van der Waals surface area (Å²) in [6.07, 6.45) is 0.893. The van der Waals surface area contributed by atoms with Crippen LogP contribution in [0.3, 0.4) is 0 Å². The second-order valence-electron chi connectivity index (χ2n) is 6.21. The van der Waals surface area contributed by atoms with Crippen LogP contribution in [-0.2, 0) is 10.0 Å². The van der Waals surface area contributed by atoms with Crippen molar-refractivity contribution in [2.24, 2.45) is 0 Å². The molecule has 5 heteroatoms. The van der Waals surface area contributed by atoms with Crippen molar-refractivity contribution in [1.29, 1.82) is 0 Å². The first-order chi connectivity index (χ1) is 12.5. The Bertz CT molecular complexity index is 985. The summed E-state index contributed by atoms with van der Waals surface area (Å²) in [5.74, 6) is 0.706. The van der Waals surface area contributed by atoms with Crippen LogP contribution < -0.4 is 9.46 Å². The van der Waals surface area contributed by atoms with Crippen molar-refractivity contribution < 1.29 is 13.2 Å². The van der Waals surface area contributed by atoms with E-state index < -0.39 is 10.0 Å². The molecule has 0 aliphatic carbocycles. The van der Waals surface area contributed by atoms with E-state index in [1.807, 2.05) is 68.4 Å². The molecule has 0 radical (unpaired) electrons. The molecule has 4 nitrogen and oxygen atoms in total. The molecule has 0 aliphatic rings. The second kappa shape index (κ2) is 7.89. The number of rotatable bonds is 7. The quantitative estimate of drug-likeness (QED) is 0.658. The van der Waals surface area contributed by atoms with E-state index >= 15 is 0 Å². The van der Waals surface area contributed by atoms with Crippen LogP contribution in [0.4, 0.5) is 0 Å². The van der Waals surface area contributed by atoms with Crippen molar-refractivity contribution in [3.63, 3.8) is 0 Å². The Morgan fingerprint density at radius 1 is 0.923 bits per heavy atom. The molecule has 26 heavy (non-hydrogen) atoms. The van der Waals surface area contributed by atoms with Crippen LogP contribution in [0.25, 0.3) is 10.8 Å². The molecule has 0 saturated carbocycles. The summed E-state index contributed by atoms with van der Waals surface area (Å²) in [4.78, 5) is 0.264. The topological polar surface area (TPSA) is 55.4 Å². The number of hydrogen-bond donors (Lipinski definition) is 1. The molecule has 3 aromatic rings. The van der Waals surface area contributed by atoms with E-state index in [-0.39, 0.29) is 10.9 Å². The van der Waals surface area contributed by atoms with Crippen LogP contribution in [0, 0.1) is 0 Å². The molecule has 3 rings (SSSR count). The van der Waals surface area contributed by atoms with E-state index in [9.17, 15) is 8.42 Å². The molecule has 0 aromatic heterocycles. The second-order valence-corrected chi connectivity index (χ2v) is 7.89. The number of ether oxygens (including phenoxy) is 1. The molecule has 0 bridgehead atoms. The summed E-state index contributed by atoms with van der Waals surface area (Å²) in [5.41, 5.74) is 0.920. The van der Waals surface area contributed by atoms with Crippen molar-refractivity contribution in [1.82, 2.24) is 4.72 Å². The van der Waals surface area contributed by atoms with E-state index in [0.29, 0.717) is 17.7 Å². The third-order valence-electron chi connectivity index (χ3n) is 4.23. The molecule has 0 unspecified atom stereocenters. The normalized spacial score (nSPS) is 12.8. The minimum Gasteiger partial charge on any atom is -0.493 e. The Morgan fingerprint density at radius 2 is 1.58 bits per heavy atom. The van der Waals surface area contributed by atoms with Crippen molar-refractivity contribution in [2.75, 3.05) is 6.61 Å². The maximum absolute atomic E-state index is 13.0. The van der Waals surface area contributed by atoms with E-state index in [2.05, 4.69) is 4.72 Å². The third kappa shape index (κ3) is 3.89. The Morgan fingerprint density at radius 3 is 2.27 bits per heavy atom. The standard InChI is InChI=1S/C21H23NO3S/c1-3-15-25-20-13-14-21(19-12-8-7-11-18(19)20)26(23,24)22-16(2)17-9-5-4-6-10-17/h4-14,16,22H,3,15H2,1-2H3/t16-/m1/s1. The van der Waals surface area contributed by atoms with Crippen LogP contribution in [0.15, 0.2) is 71.6 Å². The molecular formula is C21H23NO3S. The van der Waals surface area contributed by atoms with Crippen LogP contribution in [0.2, 0.25) is 0 Å². The smallest absolute Gasteiger partial charge is 0.241 e. The fraction of sp³-hybridized carbons (Fsp3) is 0.238. The van der Waals surface area contributed by atoms with Gasteiger partial charge in [-0.05, 0) is 31.0 Å². The van der Waals surface area contributed by atoms with Gasteiger partial charge in [-0.2, -0.15) is 0 Å². The number of hydrogen-bond acceptors (Lipinski definition) is 3. The number of benzene rings is 3. The summed E-state index contributed by atoms with van der Waals surface area (Å²) in [7, 11) is -3.68. The van der Waals surface area contributed by atoms with Crippen molar-refractivity contribution in [2.45, 2.75) is 31.2 Å². The average molecular weight is 369 g/mol. The Hall–Kier alpha value is -2.37. The lowest BCUT2D eigenvalue weighted by atomic mass is 10.1. The Balaban J connectivity index is 1.99. The number of nitrogens with one attached hydrogen (secondary N) is 1. The first-order valence-corrected chi connectivity index (χ1v) is 10.2. The summed E-state index contributed by atoms with van der Waals surface area (Å²) in [5, 5.41) is 1.46. The van der Waals surface area contributed by atoms with Gasteiger partial charge in [-0.15, -0.1) is 0 Å². The fourth-order valence-corrected chi connectivity index (χ4v) is 4.37. The van der Waals surface area contributed by atoms with E-state index in [1.165, 1.54) is 0 Å². The van der Waals surface area contributed by atoms with Crippen LogP contribution >= 0.6 is 0 Å². The molecule has 0 spiro atoms. The summed E-state index contributed by atoms with van der Waals surface area (Å²) < 4.78 is 34.6. The zero-order valence-electron chi connectivity index (χ0n) is 15.0. The van der Waals surface area contributed by atoms with Gasteiger partial charge >= 0.3 is 0 Å². The van der Waals surface area contributed by atoms with Crippen molar-refractivity contribution in [3.05, 3.63) is 72.3 Å². The summed E-state index contributed by atoms with van der Waals surface area (Å²) >= 11 is 0. The predicted molar refractivity (Wildman–Crippen MR) is 105 cm³/mol. The lowest BCUT2D eigenvalue weighted by Gasteiger charge is -2.17.